The minimum atomic E-state index is 0.194. The number of anilines is 1. The average molecular weight is 310 g/mol. The van der Waals surface area contributed by atoms with Gasteiger partial charge in [0.2, 0.25) is 5.91 Å². The summed E-state index contributed by atoms with van der Waals surface area (Å²) in [6.45, 7) is 7.66. The van der Waals surface area contributed by atoms with Crippen molar-refractivity contribution < 1.29 is 4.79 Å². The van der Waals surface area contributed by atoms with Crippen molar-refractivity contribution in [1.29, 1.82) is 0 Å². The second-order valence-corrected chi connectivity index (χ2v) is 6.35. The molecule has 0 unspecified atom stereocenters. The van der Waals surface area contributed by atoms with Gasteiger partial charge < -0.3 is 9.80 Å². The molecule has 5 heteroatoms. The molecule has 0 N–H and O–H groups in total. The van der Waals surface area contributed by atoms with E-state index in [2.05, 4.69) is 32.7 Å². The molecule has 2 saturated heterocycles. The quantitative estimate of drug-likeness (QED) is 0.794. The van der Waals surface area contributed by atoms with E-state index in [0.29, 0.717) is 5.41 Å². The molecule has 3 heterocycles. The molecule has 0 saturated carbocycles. The molecule has 1 amide bonds. The largest absolute Gasteiger partial charge is 0.369 e. The van der Waals surface area contributed by atoms with Gasteiger partial charge in [0.25, 0.3) is 0 Å². The Morgan fingerprint density at radius 1 is 1.33 bits per heavy atom. The molecule has 1 aromatic heterocycles. The first kappa shape index (κ1) is 12.0. The van der Waals surface area contributed by atoms with Gasteiger partial charge in [0.05, 0.1) is 11.9 Å². The van der Waals surface area contributed by atoms with Crippen molar-refractivity contribution in [3.05, 3.63) is 22.4 Å². The van der Waals surface area contributed by atoms with Crippen LogP contribution in [-0.2, 0) is 4.79 Å². The third kappa shape index (κ3) is 1.72. The minimum Gasteiger partial charge on any atom is -0.369 e. The highest BCUT2D eigenvalue weighted by atomic mass is 79.9. The third-order valence-electron chi connectivity index (χ3n) is 4.02. The molecule has 0 bridgehead atoms. The van der Waals surface area contributed by atoms with Crippen LogP contribution < -0.4 is 4.90 Å². The van der Waals surface area contributed by atoms with E-state index in [0.717, 1.165) is 30.7 Å². The highest BCUT2D eigenvalue weighted by Gasteiger charge is 2.52. The Kier molecular flexibility index (Phi) is 2.62. The molecule has 2 aliphatic heterocycles. The van der Waals surface area contributed by atoms with Crippen LogP contribution in [0.2, 0.25) is 0 Å². The van der Waals surface area contributed by atoms with Crippen LogP contribution in [0.5, 0.6) is 0 Å². The van der Waals surface area contributed by atoms with Gasteiger partial charge in [0.15, 0.2) is 0 Å². The lowest BCUT2D eigenvalue weighted by Crippen LogP contribution is -2.73. The second kappa shape index (κ2) is 3.95. The Balaban J connectivity index is 1.66. The van der Waals surface area contributed by atoms with E-state index < -0.39 is 0 Å². The fourth-order valence-electron chi connectivity index (χ4n) is 2.93. The molecule has 1 spiro atoms. The van der Waals surface area contributed by atoms with Gasteiger partial charge in [-0.25, -0.2) is 0 Å². The maximum absolute atomic E-state index is 11.2. The van der Waals surface area contributed by atoms with E-state index in [-0.39, 0.29) is 5.91 Å². The van der Waals surface area contributed by atoms with Crippen LogP contribution in [0.15, 0.2) is 16.9 Å². The Morgan fingerprint density at radius 3 is 2.61 bits per heavy atom. The van der Waals surface area contributed by atoms with Gasteiger partial charge in [-0.3, -0.25) is 9.78 Å². The van der Waals surface area contributed by atoms with Gasteiger partial charge in [0.1, 0.15) is 0 Å². The van der Waals surface area contributed by atoms with E-state index in [4.69, 9.17) is 0 Å². The summed E-state index contributed by atoms with van der Waals surface area (Å²) in [4.78, 5) is 19.7. The van der Waals surface area contributed by atoms with Crippen LogP contribution in [0.4, 0.5) is 5.69 Å². The van der Waals surface area contributed by atoms with E-state index in [1.807, 2.05) is 17.3 Å². The molecule has 0 atom stereocenters. The summed E-state index contributed by atoms with van der Waals surface area (Å²) in [5.74, 6) is 0.194. The number of hydrogen-bond acceptors (Lipinski definition) is 3. The van der Waals surface area contributed by atoms with Gasteiger partial charge in [0, 0.05) is 49.2 Å². The number of rotatable bonds is 1. The maximum Gasteiger partial charge on any atom is 0.219 e. The topological polar surface area (TPSA) is 36.4 Å². The van der Waals surface area contributed by atoms with Gasteiger partial charge in [-0.1, -0.05) is 0 Å². The zero-order valence-electron chi connectivity index (χ0n) is 10.6. The van der Waals surface area contributed by atoms with Crippen LogP contribution in [0.3, 0.4) is 0 Å². The summed E-state index contributed by atoms with van der Waals surface area (Å²) in [6, 6.07) is 0. The van der Waals surface area contributed by atoms with E-state index in [1.54, 1.807) is 6.92 Å². The number of aromatic nitrogens is 1. The molecule has 18 heavy (non-hydrogen) atoms. The van der Waals surface area contributed by atoms with Crippen LogP contribution in [0.1, 0.15) is 12.5 Å². The van der Waals surface area contributed by atoms with Crippen molar-refractivity contribution >= 4 is 27.5 Å². The smallest absolute Gasteiger partial charge is 0.219 e. The summed E-state index contributed by atoms with van der Waals surface area (Å²) >= 11 is 3.51. The predicted molar refractivity (Wildman–Crippen MR) is 73.6 cm³/mol. The van der Waals surface area contributed by atoms with Crippen LogP contribution in [-0.4, -0.2) is 42.0 Å². The molecular weight excluding hydrogens is 294 g/mol. The number of nitrogens with zero attached hydrogens (tertiary/aromatic N) is 3. The Bertz CT molecular complexity index is 503. The van der Waals surface area contributed by atoms with Crippen LogP contribution in [0, 0.1) is 12.3 Å². The summed E-state index contributed by atoms with van der Waals surface area (Å²) in [7, 11) is 0. The fourth-order valence-corrected chi connectivity index (χ4v) is 3.25. The molecule has 2 fully saturated rings. The number of likely N-dealkylation sites (tertiary alicyclic amines) is 1. The van der Waals surface area contributed by atoms with Crippen molar-refractivity contribution in [1.82, 2.24) is 9.88 Å². The summed E-state index contributed by atoms with van der Waals surface area (Å²) in [6.07, 6.45) is 3.75. The first-order valence-corrected chi connectivity index (χ1v) is 6.91. The van der Waals surface area contributed by atoms with Gasteiger partial charge in [-0.2, -0.15) is 0 Å². The Morgan fingerprint density at radius 2 is 2.00 bits per heavy atom. The van der Waals surface area contributed by atoms with Gasteiger partial charge in [-0.05, 0) is 28.4 Å². The van der Waals surface area contributed by atoms with Crippen LogP contribution >= 0.6 is 15.9 Å². The van der Waals surface area contributed by atoms with Gasteiger partial charge in [-0.15, -0.1) is 0 Å². The second-order valence-electron chi connectivity index (χ2n) is 5.50. The van der Waals surface area contributed by atoms with E-state index >= 15 is 0 Å². The molecule has 0 aromatic carbocycles. The van der Waals surface area contributed by atoms with Crippen molar-refractivity contribution in [3.8, 4) is 0 Å². The number of carbonyl (C=O) groups is 1. The normalized spacial score (nSPS) is 20.6. The molecule has 3 rings (SSSR count). The highest BCUT2D eigenvalue weighted by Crippen LogP contribution is 2.43. The van der Waals surface area contributed by atoms with Crippen molar-refractivity contribution in [3.63, 3.8) is 0 Å². The summed E-state index contributed by atoms with van der Waals surface area (Å²) < 4.78 is 1.06. The molecule has 2 aliphatic rings. The number of pyridine rings is 1. The highest BCUT2D eigenvalue weighted by molar-refractivity contribution is 9.10. The standard InChI is InChI=1S/C13H16BrN3O/c1-9-11(14)3-15-4-12(9)17-7-13(8-17)5-16(6-13)10(2)18/h3-4H,5-8H2,1-2H3. The number of halogens is 1. The zero-order chi connectivity index (χ0) is 12.9. The van der Waals surface area contributed by atoms with E-state index in [9.17, 15) is 4.79 Å². The average Bonchev–Trinajstić information content (AvgIpc) is 2.19. The minimum absolute atomic E-state index is 0.194. The number of hydrogen-bond donors (Lipinski definition) is 0. The number of amides is 1. The lowest BCUT2D eigenvalue weighted by molar-refractivity contribution is -0.142. The maximum atomic E-state index is 11.2. The van der Waals surface area contributed by atoms with Gasteiger partial charge >= 0.3 is 0 Å². The van der Waals surface area contributed by atoms with Crippen LogP contribution in [0.25, 0.3) is 0 Å². The summed E-state index contributed by atoms with van der Waals surface area (Å²) in [5.41, 5.74) is 2.79. The van der Waals surface area contributed by atoms with Crippen molar-refractivity contribution in [2.24, 2.45) is 5.41 Å². The fraction of sp³-hybridized carbons (Fsp3) is 0.538. The summed E-state index contributed by atoms with van der Waals surface area (Å²) in [5, 5.41) is 0. The van der Waals surface area contributed by atoms with Crippen molar-refractivity contribution in [2.75, 3.05) is 31.1 Å². The molecule has 1 aromatic rings. The monoisotopic (exact) mass is 309 g/mol. The predicted octanol–water partition coefficient (Wildman–Crippen LogP) is 1.82. The van der Waals surface area contributed by atoms with Crippen molar-refractivity contribution in [2.45, 2.75) is 13.8 Å². The molecule has 0 aliphatic carbocycles. The Labute approximate surface area is 115 Å². The van der Waals surface area contributed by atoms with E-state index in [1.165, 1.54) is 11.3 Å². The molecule has 96 valence electrons. The first-order valence-electron chi connectivity index (χ1n) is 6.11. The lowest BCUT2D eigenvalue weighted by atomic mass is 9.72. The molecule has 4 nitrogen and oxygen atoms in total. The first-order chi connectivity index (χ1) is 8.51. The lowest BCUT2D eigenvalue weighted by Gasteiger charge is -2.60. The number of carbonyl (C=O) groups excluding carboxylic acids is 1. The Hall–Kier alpha value is -1.10. The SMILES string of the molecule is CC(=O)N1CC2(C1)CN(c1cncc(Br)c1C)C2. The zero-order valence-corrected chi connectivity index (χ0v) is 12.2. The molecule has 0 radical (unpaired) electrons. The molecular formula is C13H16BrN3O. The third-order valence-corrected chi connectivity index (χ3v) is 4.82.